The number of aromatic nitrogens is 2. The molecule has 0 fully saturated rings. The van der Waals surface area contributed by atoms with Crippen LogP contribution in [0, 0.1) is 27.7 Å². The van der Waals surface area contributed by atoms with Crippen LogP contribution in [0.4, 0.5) is 17.5 Å². The summed E-state index contributed by atoms with van der Waals surface area (Å²) in [7, 11) is 0. The van der Waals surface area contributed by atoms with Gasteiger partial charge in [-0.2, -0.15) is 4.98 Å². The van der Waals surface area contributed by atoms with E-state index in [0.717, 1.165) is 18.5 Å². The molecule has 3 rings (SSSR count). The van der Waals surface area contributed by atoms with Gasteiger partial charge in [0.2, 0.25) is 5.95 Å². The van der Waals surface area contributed by atoms with Gasteiger partial charge in [-0.15, -0.1) is 0 Å². The maximum atomic E-state index is 13.4. The van der Waals surface area contributed by atoms with Crippen LogP contribution in [0.3, 0.4) is 0 Å². The smallest absolute Gasteiger partial charge is 0.265 e. The second kappa shape index (κ2) is 8.58. The summed E-state index contributed by atoms with van der Waals surface area (Å²) in [5.41, 5.74) is 4.30. The molecule has 0 saturated carbocycles. The molecule has 2 aromatic rings. The highest BCUT2D eigenvalue weighted by atomic mass is 16.3. The van der Waals surface area contributed by atoms with Crippen LogP contribution in [0.15, 0.2) is 12.1 Å². The van der Waals surface area contributed by atoms with Gasteiger partial charge >= 0.3 is 0 Å². The van der Waals surface area contributed by atoms with E-state index < -0.39 is 5.60 Å². The number of carbonyl (C=O) groups is 1. The highest BCUT2D eigenvalue weighted by Crippen LogP contribution is 2.45. The predicted octanol–water partition coefficient (Wildman–Crippen LogP) is 5.00. The van der Waals surface area contributed by atoms with Crippen molar-refractivity contribution in [2.24, 2.45) is 0 Å². The molecule has 6 nitrogen and oxygen atoms in total. The molecule has 0 spiro atoms. The van der Waals surface area contributed by atoms with Crippen LogP contribution in [0.2, 0.25) is 0 Å². The number of benzene rings is 1. The Morgan fingerprint density at radius 1 is 1.03 bits per heavy atom. The molecule has 0 aliphatic carbocycles. The number of nitrogens with zero attached hydrogens (tertiary/aromatic N) is 4. The molecule has 6 heteroatoms. The average molecular weight is 425 g/mol. The third-order valence-electron chi connectivity index (χ3n) is 6.56. The number of anilines is 3. The van der Waals surface area contributed by atoms with E-state index in [1.165, 1.54) is 16.7 Å². The van der Waals surface area contributed by atoms with Crippen LogP contribution < -0.4 is 9.80 Å². The molecule has 1 unspecified atom stereocenters. The van der Waals surface area contributed by atoms with Crippen molar-refractivity contribution < 1.29 is 9.90 Å². The van der Waals surface area contributed by atoms with Gasteiger partial charge in [0.05, 0.1) is 11.3 Å². The van der Waals surface area contributed by atoms with Crippen molar-refractivity contribution >= 4 is 23.4 Å². The summed E-state index contributed by atoms with van der Waals surface area (Å²) in [5.74, 6) is 0.850. The molecule has 1 aliphatic rings. The molecule has 168 valence electrons. The molecule has 1 atom stereocenters. The number of aliphatic hydroxyl groups is 1. The summed E-state index contributed by atoms with van der Waals surface area (Å²) in [6.07, 6.45) is 1.90. The summed E-state index contributed by atoms with van der Waals surface area (Å²) >= 11 is 0. The summed E-state index contributed by atoms with van der Waals surface area (Å²) in [6.45, 7) is 16.9. The summed E-state index contributed by atoms with van der Waals surface area (Å²) in [6, 6.07) is 4.33. The minimum atomic E-state index is -1.56. The van der Waals surface area contributed by atoms with Crippen molar-refractivity contribution in [2.75, 3.05) is 16.3 Å². The number of fused-ring (bicyclic) bond motifs is 1. The second-order valence-corrected chi connectivity index (χ2v) is 8.66. The van der Waals surface area contributed by atoms with E-state index in [9.17, 15) is 9.90 Å². The Morgan fingerprint density at radius 3 is 2.10 bits per heavy atom. The van der Waals surface area contributed by atoms with Crippen molar-refractivity contribution in [2.45, 2.75) is 86.3 Å². The second-order valence-electron chi connectivity index (χ2n) is 8.66. The van der Waals surface area contributed by atoms with E-state index in [-0.39, 0.29) is 11.9 Å². The zero-order valence-corrected chi connectivity index (χ0v) is 20.2. The molecule has 1 amide bonds. The lowest BCUT2D eigenvalue weighted by Gasteiger charge is -2.29. The number of aryl methyl sites for hydroxylation is 4. The fourth-order valence-electron chi connectivity index (χ4n) is 5.04. The Morgan fingerprint density at radius 2 is 1.61 bits per heavy atom. The molecular formula is C25H36N4O2. The van der Waals surface area contributed by atoms with Crippen molar-refractivity contribution in [3.63, 3.8) is 0 Å². The molecular weight excluding hydrogens is 388 g/mol. The van der Waals surface area contributed by atoms with Crippen LogP contribution in [0.1, 0.15) is 74.9 Å². The highest BCUT2D eigenvalue weighted by molar-refractivity contribution is 6.06. The van der Waals surface area contributed by atoms with Crippen molar-refractivity contribution in [3.05, 3.63) is 40.1 Å². The van der Waals surface area contributed by atoms with E-state index in [0.29, 0.717) is 36.0 Å². The third kappa shape index (κ3) is 3.61. The molecule has 2 heterocycles. The fraction of sp³-hybridized carbons (Fsp3) is 0.560. The third-order valence-corrected chi connectivity index (χ3v) is 6.56. The first-order chi connectivity index (χ1) is 14.6. The number of carbonyl (C=O) groups excluding carboxylic acids is 1. The molecule has 1 aromatic heterocycles. The standard InChI is InChI=1S/C25H36N4O2/c1-9-19(10-2)29-22-20(25(31,11-3)23(29)30)18(8)26-24(27-22)28(12-4)21-16(6)13-15(5)14-17(21)7/h13-14,19,31H,9-12H2,1-8H3. The average Bonchev–Trinajstić information content (AvgIpc) is 2.94. The first-order valence-electron chi connectivity index (χ1n) is 11.4. The molecule has 1 aromatic carbocycles. The minimum Gasteiger partial charge on any atom is -0.375 e. The Bertz CT molecular complexity index is 976. The number of hydrogen-bond acceptors (Lipinski definition) is 5. The zero-order chi connectivity index (χ0) is 23.1. The molecule has 1 aliphatic heterocycles. The van der Waals surface area contributed by atoms with Gasteiger partial charge in [-0.1, -0.05) is 38.5 Å². The van der Waals surface area contributed by atoms with Crippen LogP contribution in [0.25, 0.3) is 0 Å². The first-order valence-corrected chi connectivity index (χ1v) is 11.4. The van der Waals surface area contributed by atoms with Crippen molar-refractivity contribution in [3.8, 4) is 0 Å². The van der Waals surface area contributed by atoms with E-state index in [1.807, 2.05) is 13.8 Å². The first kappa shape index (κ1) is 23.2. The number of amides is 1. The Labute approximate surface area is 186 Å². The normalized spacial score (nSPS) is 18.1. The molecule has 1 N–H and O–H groups in total. The van der Waals surface area contributed by atoms with Gasteiger partial charge in [0.15, 0.2) is 5.60 Å². The van der Waals surface area contributed by atoms with E-state index in [2.05, 4.69) is 58.6 Å². The Hall–Kier alpha value is -2.47. The quantitative estimate of drug-likeness (QED) is 0.677. The van der Waals surface area contributed by atoms with Crippen LogP contribution >= 0.6 is 0 Å². The summed E-state index contributed by atoms with van der Waals surface area (Å²) < 4.78 is 0. The van der Waals surface area contributed by atoms with Crippen molar-refractivity contribution in [1.29, 1.82) is 0 Å². The molecule has 0 saturated heterocycles. The fourth-order valence-corrected chi connectivity index (χ4v) is 5.04. The maximum Gasteiger partial charge on any atom is 0.265 e. The predicted molar refractivity (Wildman–Crippen MR) is 126 cm³/mol. The molecule has 31 heavy (non-hydrogen) atoms. The van der Waals surface area contributed by atoms with Gasteiger partial charge in [-0.05, 0) is 65.0 Å². The Balaban J connectivity index is 2.25. The largest absolute Gasteiger partial charge is 0.375 e. The maximum absolute atomic E-state index is 13.4. The van der Waals surface area contributed by atoms with Gasteiger partial charge in [0.1, 0.15) is 5.82 Å². The lowest BCUT2D eigenvalue weighted by atomic mass is 9.92. The highest BCUT2D eigenvalue weighted by Gasteiger charge is 2.52. The zero-order valence-electron chi connectivity index (χ0n) is 20.2. The lowest BCUT2D eigenvalue weighted by molar-refractivity contribution is -0.137. The molecule has 0 radical (unpaired) electrons. The van der Waals surface area contributed by atoms with Gasteiger partial charge in [-0.25, -0.2) is 4.98 Å². The summed E-state index contributed by atoms with van der Waals surface area (Å²) in [5, 5.41) is 11.3. The molecule has 0 bridgehead atoms. The topological polar surface area (TPSA) is 69.6 Å². The van der Waals surface area contributed by atoms with Crippen LogP contribution in [-0.2, 0) is 10.4 Å². The van der Waals surface area contributed by atoms with Gasteiger partial charge in [0, 0.05) is 18.3 Å². The Kier molecular flexibility index (Phi) is 6.42. The lowest BCUT2D eigenvalue weighted by Crippen LogP contribution is -2.45. The number of rotatable bonds is 7. The van der Waals surface area contributed by atoms with Gasteiger partial charge in [0.25, 0.3) is 5.91 Å². The van der Waals surface area contributed by atoms with E-state index in [4.69, 9.17) is 9.97 Å². The van der Waals surface area contributed by atoms with Crippen LogP contribution in [-0.4, -0.2) is 33.6 Å². The monoisotopic (exact) mass is 424 g/mol. The van der Waals surface area contributed by atoms with Gasteiger partial charge in [-0.3, -0.25) is 9.69 Å². The number of hydrogen-bond donors (Lipinski definition) is 1. The van der Waals surface area contributed by atoms with Crippen molar-refractivity contribution in [1.82, 2.24) is 9.97 Å². The van der Waals surface area contributed by atoms with E-state index in [1.54, 1.807) is 4.90 Å². The van der Waals surface area contributed by atoms with Gasteiger partial charge < -0.3 is 10.0 Å². The summed E-state index contributed by atoms with van der Waals surface area (Å²) in [4.78, 5) is 26.9. The minimum absolute atomic E-state index is 0.00750. The van der Waals surface area contributed by atoms with E-state index >= 15 is 0 Å². The SMILES string of the molecule is CCC(CC)N1C(=O)C(O)(CC)c2c(C)nc(N(CC)c3c(C)cc(C)cc3C)nc21. The van der Waals surface area contributed by atoms with Crippen LogP contribution in [0.5, 0.6) is 0 Å².